The fourth-order valence-electron chi connectivity index (χ4n) is 2.62. The lowest BCUT2D eigenvalue weighted by Gasteiger charge is -2.08. The predicted molar refractivity (Wildman–Crippen MR) is 83.1 cm³/mol. The van der Waals surface area contributed by atoms with Crippen LogP contribution in [0.5, 0.6) is 0 Å². The van der Waals surface area contributed by atoms with Crippen molar-refractivity contribution in [2.24, 2.45) is 0 Å². The Morgan fingerprint density at radius 2 is 2.00 bits per heavy atom. The van der Waals surface area contributed by atoms with E-state index in [1.54, 1.807) is 6.20 Å². The maximum absolute atomic E-state index is 4.71. The van der Waals surface area contributed by atoms with Crippen LogP contribution in [0, 0.1) is 0 Å². The summed E-state index contributed by atoms with van der Waals surface area (Å²) in [7, 11) is 0. The van der Waals surface area contributed by atoms with E-state index in [1.165, 1.54) is 5.56 Å². The van der Waals surface area contributed by atoms with Crippen molar-refractivity contribution in [3.8, 4) is 11.3 Å². The number of aromatic nitrogens is 4. The third-order valence-electron chi connectivity index (χ3n) is 3.72. The first-order valence-corrected chi connectivity index (χ1v) is 7.03. The van der Waals surface area contributed by atoms with Gasteiger partial charge in [-0.1, -0.05) is 25.1 Å². The van der Waals surface area contributed by atoms with E-state index in [4.69, 9.17) is 5.10 Å². The lowest BCUT2D eigenvalue weighted by Crippen LogP contribution is -1.99. The third-order valence-corrected chi connectivity index (χ3v) is 3.72. The predicted octanol–water partition coefficient (Wildman–Crippen LogP) is 3.51. The van der Waals surface area contributed by atoms with Crippen molar-refractivity contribution >= 4 is 16.6 Å². The summed E-state index contributed by atoms with van der Waals surface area (Å²) in [6.45, 7) is 2.14. The first kappa shape index (κ1) is 12.0. The molecule has 0 unspecified atom stereocenters. The smallest absolute Gasteiger partial charge is 0.153 e. The van der Waals surface area contributed by atoms with Crippen LogP contribution in [0.25, 0.3) is 27.8 Å². The highest BCUT2D eigenvalue weighted by atomic mass is 15.2. The number of hydrogen-bond donors (Lipinski definition) is 0. The van der Waals surface area contributed by atoms with Gasteiger partial charge in [-0.3, -0.25) is 4.98 Å². The minimum atomic E-state index is 0.884. The van der Waals surface area contributed by atoms with E-state index in [0.29, 0.717) is 0 Å². The van der Waals surface area contributed by atoms with Crippen LogP contribution in [-0.2, 0) is 6.42 Å². The minimum Gasteiger partial charge on any atom is -0.256 e. The molecular weight excluding hydrogens is 260 g/mol. The summed E-state index contributed by atoms with van der Waals surface area (Å²) in [6.07, 6.45) is 6.39. The zero-order valence-electron chi connectivity index (χ0n) is 11.7. The lowest BCUT2D eigenvalue weighted by molar-refractivity contribution is 0.921. The molecule has 0 aliphatic heterocycles. The molecule has 0 saturated carbocycles. The molecule has 0 radical (unpaired) electrons. The molecule has 0 aliphatic rings. The molecule has 0 N–H and O–H groups in total. The molecule has 0 amide bonds. The van der Waals surface area contributed by atoms with E-state index >= 15 is 0 Å². The number of aryl methyl sites for hydroxylation is 1. The molecule has 0 saturated heterocycles. The SMILES string of the molecule is CCc1cc2nccn2nc1-c1ccc2cccnc2c1. The average Bonchev–Trinajstić information content (AvgIpc) is 3.00. The van der Waals surface area contributed by atoms with E-state index in [0.717, 1.165) is 34.2 Å². The molecule has 0 aliphatic carbocycles. The second-order valence-electron chi connectivity index (χ2n) is 5.01. The molecule has 4 aromatic rings. The Hall–Kier alpha value is -2.75. The van der Waals surface area contributed by atoms with E-state index in [9.17, 15) is 0 Å². The molecule has 0 fully saturated rings. The second-order valence-corrected chi connectivity index (χ2v) is 5.01. The number of fused-ring (bicyclic) bond motifs is 2. The zero-order valence-corrected chi connectivity index (χ0v) is 11.7. The van der Waals surface area contributed by atoms with Gasteiger partial charge in [-0.05, 0) is 30.2 Å². The van der Waals surface area contributed by atoms with Crippen molar-refractivity contribution in [2.45, 2.75) is 13.3 Å². The largest absolute Gasteiger partial charge is 0.256 e. The van der Waals surface area contributed by atoms with Gasteiger partial charge in [0.25, 0.3) is 0 Å². The van der Waals surface area contributed by atoms with Gasteiger partial charge >= 0.3 is 0 Å². The number of rotatable bonds is 2. The second kappa shape index (κ2) is 4.66. The number of benzene rings is 1. The number of imidazole rings is 1. The molecule has 3 aromatic heterocycles. The molecular formula is C17H14N4. The van der Waals surface area contributed by atoms with Gasteiger partial charge in [-0.15, -0.1) is 0 Å². The van der Waals surface area contributed by atoms with Gasteiger partial charge in [0, 0.05) is 29.5 Å². The Morgan fingerprint density at radius 3 is 2.90 bits per heavy atom. The monoisotopic (exact) mass is 274 g/mol. The van der Waals surface area contributed by atoms with E-state index in [2.05, 4.69) is 47.2 Å². The molecule has 102 valence electrons. The zero-order chi connectivity index (χ0) is 14.2. The Morgan fingerprint density at radius 1 is 1.05 bits per heavy atom. The van der Waals surface area contributed by atoms with Crippen LogP contribution in [0.1, 0.15) is 12.5 Å². The molecule has 21 heavy (non-hydrogen) atoms. The molecule has 4 nitrogen and oxygen atoms in total. The van der Waals surface area contributed by atoms with Gasteiger partial charge in [-0.2, -0.15) is 5.10 Å². The van der Waals surface area contributed by atoms with E-state index in [-0.39, 0.29) is 0 Å². The van der Waals surface area contributed by atoms with Crippen molar-refractivity contribution in [1.29, 1.82) is 0 Å². The van der Waals surface area contributed by atoms with Gasteiger partial charge < -0.3 is 0 Å². The number of hydrogen-bond acceptors (Lipinski definition) is 3. The Bertz CT molecular complexity index is 940. The topological polar surface area (TPSA) is 43.1 Å². The molecule has 1 aromatic carbocycles. The Labute approximate surface area is 122 Å². The summed E-state index contributed by atoms with van der Waals surface area (Å²) >= 11 is 0. The Balaban J connectivity index is 1.97. The molecule has 0 spiro atoms. The highest BCUT2D eigenvalue weighted by Gasteiger charge is 2.09. The van der Waals surface area contributed by atoms with Crippen molar-refractivity contribution in [2.75, 3.05) is 0 Å². The summed E-state index contributed by atoms with van der Waals surface area (Å²) < 4.78 is 1.82. The maximum atomic E-state index is 4.71. The lowest BCUT2D eigenvalue weighted by atomic mass is 10.0. The van der Waals surface area contributed by atoms with Crippen molar-refractivity contribution < 1.29 is 0 Å². The fraction of sp³-hybridized carbons (Fsp3) is 0.118. The minimum absolute atomic E-state index is 0.884. The highest BCUT2D eigenvalue weighted by Crippen LogP contribution is 2.25. The van der Waals surface area contributed by atoms with Crippen LogP contribution in [0.2, 0.25) is 0 Å². The van der Waals surface area contributed by atoms with Crippen LogP contribution in [0.15, 0.2) is 55.0 Å². The van der Waals surface area contributed by atoms with Crippen LogP contribution < -0.4 is 0 Å². The van der Waals surface area contributed by atoms with Crippen molar-refractivity contribution in [3.63, 3.8) is 0 Å². The molecule has 3 heterocycles. The highest BCUT2D eigenvalue weighted by molar-refractivity contribution is 5.84. The summed E-state index contributed by atoms with van der Waals surface area (Å²) in [4.78, 5) is 8.73. The van der Waals surface area contributed by atoms with Crippen molar-refractivity contribution in [3.05, 3.63) is 60.6 Å². The summed E-state index contributed by atoms with van der Waals surface area (Å²) in [5, 5.41) is 5.85. The van der Waals surface area contributed by atoms with Crippen LogP contribution >= 0.6 is 0 Å². The maximum Gasteiger partial charge on any atom is 0.153 e. The summed E-state index contributed by atoms with van der Waals surface area (Å²) in [5.74, 6) is 0. The van der Waals surface area contributed by atoms with Crippen LogP contribution in [-0.4, -0.2) is 19.6 Å². The first-order chi connectivity index (χ1) is 10.3. The molecule has 0 atom stereocenters. The molecule has 4 rings (SSSR count). The van der Waals surface area contributed by atoms with Gasteiger partial charge in [-0.25, -0.2) is 9.50 Å². The number of pyridine rings is 1. The third kappa shape index (κ3) is 1.96. The Kier molecular flexibility index (Phi) is 2.67. The van der Waals surface area contributed by atoms with Gasteiger partial charge in [0.1, 0.15) is 0 Å². The first-order valence-electron chi connectivity index (χ1n) is 7.03. The standard InChI is InChI=1S/C17H14N4/c1-2-12-11-16-19-8-9-21(16)20-17(12)14-6-5-13-4-3-7-18-15(13)10-14/h3-11H,2H2,1H3. The summed E-state index contributed by atoms with van der Waals surface area (Å²) in [6, 6.07) is 12.4. The quantitative estimate of drug-likeness (QED) is 0.562. The van der Waals surface area contributed by atoms with E-state index in [1.807, 2.05) is 23.0 Å². The van der Waals surface area contributed by atoms with Crippen LogP contribution in [0.3, 0.4) is 0 Å². The molecule has 4 heteroatoms. The normalized spacial score (nSPS) is 11.3. The van der Waals surface area contributed by atoms with Crippen LogP contribution in [0.4, 0.5) is 0 Å². The fourth-order valence-corrected chi connectivity index (χ4v) is 2.62. The summed E-state index contributed by atoms with van der Waals surface area (Å²) in [5.41, 5.74) is 5.16. The van der Waals surface area contributed by atoms with Gasteiger partial charge in [0.05, 0.1) is 11.2 Å². The van der Waals surface area contributed by atoms with Gasteiger partial charge in [0.15, 0.2) is 5.65 Å². The van der Waals surface area contributed by atoms with E-state index < -0.39 is 0 Å². The average molecular weight is 274 g/mol. The van der Waals surface area contributed by atoms with Gasteiger partial charge in [0.2, 0.25) is 0 Å². The number of nitrogens with zero attached hydrogens (tertiary/aromatic N) is 4. The molecule has 0 bridgehead atoms. The van der Waals surface area contributed by atoms with Crippen molar-refractivity contribution in [1.82, 2.24) is 19.6 Å².